The van der Waals surface area contributed by atoms with Gasteiger partial charge in [-0.3, -0.25) is 9.10 Å². The van der Waals surface area contributed by atoms with Crippen LogP contribution in [0, 0.1) is 0 Å². The average molecular weight is 436 g/mol. The summed E-state index contributed by atoms with van der Waals surface area (Å²) in [5, 5.41) is 2.60. The second-order valence-electron chi connectivity index (χ2n) is 6.30. The van der Waals surface area contributed by atoms with Crippen LogP contribution >= 0.6 is 0 Å². The molecule has 0 aliphatic carbocycles. The van der Waals surface area contributed by atoms with E-state index in [0.29, 0.717) is 5.75 Å². The van der Waals surface area contributed by atoms with E-state index in [-0.39, 0.29) is 22.7 Å². The van der Waals surface area contributed by atoms with Crippen molar-refractivity contribution < 1.29 is 32.2 Å². The highest BCUT2D eigenvalue weighted by atomic mass is 32.2. The van der Waals surface area contributed by atoms with Gasteiger partial charge in [0.1, 0.15) is 17.5 Å². The van der Waals surface area contributed by atoms with Crippen LogP contribution in [0.2, 0.25) is 0 Å². The van der Waals surface area contributed by atoms with Crippen LogP contribution in [0.3, 0.4) is 0 Å². The van der Waals surface area contributed by atoms with Crippen molar-refractivity contribution in [2.45, 2.75) is 13.0 Å². The lowest BCUT2D eigenvalue weighted by Crippen LogP contribution is -2.45. The second-order valence-corrected chi connectivity index (χ2v) is 8.16. The molecule has 0 aliphatic heterocycles. The van der Waals surface area contributed by atoms with Crippen molar-refractivity contribution in [1.29, 1.82) is 0 Å². The van der Waals surface area contributed by atoms with Crippen molar-refractivity contribution in [3.63, 3.8) is 0 Å². The summed E-state index contributed by atoms with van der Waals surface area (Å²) in [6.45, 7) is 1.43. The first-order chi connectivity index (χ1) is 14.1. The normalized spacial score (nSPS) is 11.9. The van der Waals surface area contributed by atoms with Crippen LogP contribution in [-0.4, -0.2) is 53.9 Å². The van der Waals surface area contributed by atoms with Gasteiger partial charge in [-0.15, -0.1) is 0 Å². The molecule has 10 heteroatoms. The van der Waals surface area contributed by atoms with Gasteiger partial charge in [0, 0.05) is 6.07 Å². The predicted molar refractivity (Wildman–Crippen MR) is 113 cm³/mol. The smallest absolute Gasteiger partial charge is 0.339 e. The minimum absolute atomic E-state index is 0.142. The molecular formula is C20H24N2O7S. The fourth-order valence-electron chi connectivity index (χ4n) is 2.87. The van der Waals surface area contributed by atoms with Crippen LogP contribution in [0.5, 0.6) is 11.5 Å². The molecule has 2 aromatic carbocycles. The van der Waals surface area contributed by atoms with E-state index >= 15 is 0 Å². The number of methoxy groups -OCH3 is 3. The number of nitrogens with zero attached hydrogens (tertiary/aromatic N) is 1. The van der Waals surface area contributed by atoms with E-state index in [9.17, 15) is 18.0 Å². The number of carbonyl (C=O) groups is 2. The van der Waals surface area contributed by atoms with Crippen molar-refractivity contribution in [3.05, 3.63) is 48.0 Å². The van der Waals surface area contributed by atoms with Gasteiger partial charge in [-0.2, -0.15) is 0 Å². The van der Waals surface area contributed by atoms with E-state index in [1.54, 1.807) is 24.3 Å². The van der Waals surface area contributed by atoms with Crippen molar-refractivity contribution in [2.75, 3.05) is 37.2 Å². The zero-order chi connectivity index (χ0) is 22.5. The summed E-state index contributed by atoms with van der Waals surface area (Å²) in [7, 11) is 0.161. The largest absolute Gasteiger partial charge is 0.497 e. The zero-order valence-corrected chi connectivity index (χ0v) is 18.1. The molecule has 0 unspecified atom stereocenters. The molecule has 0 radical (unpaired) electrons. The monoisotopic (exact) mass is 436 g/mol. The van der Waals surface area contributed by atoms with E-state index in [4.69, 9.17) is 14.2 Å². The number of anilines is 2. The maximum Gasteiger partial charge on any atom is 0.339 e. The number of para-hydroxylation sites is 1. The molecule has 2 rings (SSSR count). The molecule has 0 fully saturated rings. The van der Waals surface area contributed by atoms with E-state index in [1.165, 1.54) is 46.5 Å². The molecule has 0 aliphatic rings. The Labute approximate surface area is 175 Å². The Balaban J connectivity index is 2.46. The number of esters is 1. The molecular weight excluding hydrogens is 412 g/mol. The summed E-state index contributed by atoms with van der Waals surface area (Å²) in [5.41, 5.74) is 0.487. The summed E-state index contributed by atoms with van der Waals surface area (Å²) in [4.78, 5) is 24.9. The van der Waals surface area contributed by atoms with E-state index in [1.807, 2.05) is 0 Å². The van der Waals surface area contributed by atoms with Gasteiger partial charge in [-0.05, 0) is 31.2 Å². The Morgan fingerprint density at radius 3 is 2.27 bits per heavy atom. The highest BCUT2D eigenvalue weighted by Crippen LogP contribution is 2.35. The molecule has 9 nitrogen and oxygen atoms in total. The van der Waals surface area contributed by atoms with Gasteiger partial charge in [-0.25, -0.2) is 13.2 Å². The Kier molecular flexibility index (Phi) is 7.28. The predicted octanol–water partition coefficient (Wildman–Crippen LogP) is 2.28. The number of ether oxygens (including phenoxy) is 3. The Hall–Kier alpha value is -3.27. The third kappa shape index (κ3) is 5.01. The van der Waals surface area contributed by atoms with Gasteiger partial charge in [0.15, 0.2) is 0 Å². The number of rotatable bonds is 8. The molecule has 1 amide bonds. The highest BCUT2D eigenvalue weighted by molar-refractivity contribution is 7.92. The van der Waals surface area contributed by atoms with Crippen molar-refractivity contribution in [2.24, 2.45) is 0 Å². The number of sulfonamides is 1. The maximum atomic E-state index is 12.9. The number of carbonyl (C=O) groups excluding carboxylic acids is 2. The second kappa shape index (κ2) is 9.49. The molecule has 0 spiro atoms. The molecule has 0 saturated carbocycles. The maximum absolute atomic E-state index is 12.9. The van der Waals surface area contributed by atoms with Crippen molar-refractivity contribution >= 4 is 33.3 Å². The van der Waals surface area contributed by atoms with Crippen LogP contribution in [0.4, 0.5) is 11.4 Å². The zero-order valence-electron chi connectivity index (χ0n) is 17.3. The lowest BCUT2D eigenvalue weighted by molar-refractivity contribution is -0.116. The molecule has 2 aromatic rings. The van der Waals surface area contributed by atoms with Gasteiger partial charge < -0.3 is 19.5 Å². The lowest BCUT2D eigenvalue weighted by Gasteiger charge is -2.29. The third-order valence-corrected chi connectivity index (χ3v) is 5.53. The Morgan fingerprint density at radius 1 is 1.03 bits per heavy atom. The SMILES string of the molecule is COC(=O)c1ccccc1NC(=O)[C@@H](C)N(c1cc(OC)ccc1OC)S(C)(=O)=O. The Bertz CT molecular complexity index is 1040. The van der Waals surface area contributed by atoms with Crippen molar-refractivity contribution in [1.82, 2.24) is 0 Å². The summed E-state index contributed by atoms with van der Waals surface area (Å²) in [6, 6.07) is 9.71. The number of amides is 1. The van der Waals surface area contributed by atoms with E-state index in [2.05, 4.69) is 5.32 Å². The van der Waals surface area contributed by atoms with Gasteiger partial charge in [0.05, 0.1) is 44.5 Å². The van der Waals surface area contributed by atoms with Crippen LogP contribution in [0.1, 0.15) is 17.3 Å². The topological polar surface area (TPSA) is 111 Å². The molecule has 0 aromatic heterocycles. The highest BCUT2D eigenvalue weighted by Gasteiger charge is 2.32. The number of benzene rings is 2. The van der Waals surface area contributed by atoms with Gasteiger partial charge in [0.25, 0.3) is 0 Å². The summed E-state index contributed by atoms with van der Waals surface area (Å²) in [5.74, 6) is -0.645. The number of hydrogen-bond acceptors (Lipinski definition) is 7. The fourth-order valence-corrected chi connectivity index (χ4v) is 4.04. The first-order valence-electron chi connectivity index (χ1n) is 8.83. The van der Waals surface area contributed by atoms with E-state index in [0.717, 1.165) is 10.6 Å². The summed E-state index contributed by atoms with van der Waals surface area (Å²) < 4.78 is 41.3. The van der Waals surface area contributed by atoms with Crippen LogP contribution in [0.15, 0.2) is 42.5 Å². The average Bonchev–Trinajstić information content (AvgIpc) is 2.72. The van der Waals surface area contributed by atoms with Crippen LogP contribution < -0.4 is 19.1 Å². The summed E-state index contributed by atoms with van der Waals surface area (Å²) >= 11 is 0. The first-order valence-corrected chi connectivity index (χ1v) is 10.7. The van der Waals surface area contributed by atoms with Gasteiger partial charge in [0.2, 0.25) is 15.9 Å². The first kappa shape index (κ1) is 23.0. The third-order valence-electron chi connectivity index (χ3n) is 4.30. The minimum atomic E-state index is -3.90. The molecule has 0 saturated heterocycles. The molecule has 1 N–H and O–H groups in total. The standard InChI is InChI=1S/C20H24N2O7S/c1-13(19(23)21-16-9-7-6-8-15(16)20(24)29-4)22(30(5,25)26)17-12-14(27-2)10-11-18(17)28-3/h6-13H,1-5H3,(H,21,23)/t13-/m1/s1. The molecule has 0 bridgehead atoms. The Morgan fingerprint density at radius 2 is 1.70 bits per heavy atom. The molecule has 0 heterocycles. The van der Waals surface area contributed by atoms with Crippen LogP contribution in [0.25, 0.3) is 0 Å². The quantitative estimate of drug-likeness (QED) is 0.632. The van der Waals surface area contributed by atoms with Crippen LogP contribution in [-0.2, 0) is 19.6 Å². The summed E-state index contributed by atoms with van der Waals surface area (Å²) in [6.07, 6.45) is 0.984. The fraction of sp³-hybridized carbons (Fsp3) is 0.300. The molecule has 30 heavy (non-hydrogen) atoms. The molecule has 162 valence electrons. The minimum Gasteiger partial charge on any atom is -0.497 e. The van der Waals surface area contributed by atoms with Gasteiger partial charge >= 0.3 is 5.97 Å². The van der Waals surface area contributed by atoms with E-state index < -0.39 is 27.9 Å². The van der Waals surface area contributed by atoms with Crippen molar-refractivity contribution in [3.8, 4) is 11.5 Å². The number of hydrogen-bond donors (Lipinski definition) is 1. The van der Waals surface area contributed by atoms with Gasteiger partial charge in [-0.1, -0.05) is 12.1 Å². The molecule has 1 atom stereocenters. The lowest BCUT2D eigenvalue weighted by atomic mass is 10.1. The number of nitrogens with one attached hydrogen (secondary N) is 1.